The second kappa shape index (κ2) is 3.34. The zero-order chi connectivity index (χ0) is 10.3. The zero-order valence-corrected chi connectivity index (χ0v) is 8.27. The van der Waals surface area contributed by atoms with E-state index in [1.165, 1.54) is 6.20 Å². The first kappa shape index (κ1) is 8.91. The van der Waals surface area contributed by atoms with Crippen LogP contribution in [0.3, 0.4) is 0 Å². The van der Waals surface area contributed by atoms with E-state index in [-0.39, 0.29) is 18.1 Å². The van der Waals surface area contributed by atoms with Crippen molar-refractivity contribution in [3.63, 3.8) is 0 Å². The Kier molecular flexibility index (Phi) is 1.98. The monoisotopic (exact) mass is 207 g/mol. The fourth-order valence-electron chi connectivity index (χ4n) is 2.42. The maximum absolute atomic E-state index is 11.7. The van der Waals surface area contributed by atoms with Gasteiger partial charge in [0.1, 0.15) is 0 Å². The van der Waals surface area contributed by atoms with Gasteiger partial charge in [0, 0.05) is 6.20 Å². The quantitative estimate of drug-likeness (QED) is 0.740. The first-order valence-electron chi connectivity index (χ1n) is 5.28. The molecule has 0 aromatic carbocycles. The fourth-order valence-corrected chi connectivity index (χ4v) is 2.42. The number of amides is 1. The third kappa shape index (κ3) is 1.52. The number of carbonyl (C=O) groups excluding carboxylic acids is 1. The Morgan fingerprint density at radius 1 is 1.60 bits per heavy atom. The summed E-state index contributed by atoms with van der Waals surface area (Å²) in [5.74, 6) is -0.0649. The first-order chi connectivity index (χ1) is 7.33. The Bertz CT molecular complexity index is 363. The van der Waals surface area contributed by atoms with Crippen molar-refractivity contribution in [1.29, 1.82) is 0 Å². The third-order valence-corrected chi connectivity index (χ3v) is 3.18. The number of nitrogens with one attached hydrogen (secondary N) is 2. The lowest BCUT2D eigenvalue weighted by atomic mass is 9.95. The van der Waals surface area contributed by atoms with Crippen molar-refractivity contribution in [2.24, 2.45) is 0 Å². The van der Waals surface area contributed by atoms with E-state index in [4.69, 9.17) is 4.74 Å². The van der Waals surface area contributed by atoms with E-state index in [0.29, 0.717) is 11.7 Å². The van der Waals surface area contributed by atoms with E-state index in [1.807, 2.05) is 0 Å². The zero-order valence-electron chi connectivity index (χ0n) is 8.27. The van der Waals surface area contributed by atoms with Crippen molar-refractivity contribution in [2.45, 2.75) is 37.5 Å². The number of H-pyrrole nitrogens is 1. The van der Waals surface area contributed by atoms with Gasteiger partial charge in [-0.3, -0.25) is 9.89 Å². The van der Waals surface area contributed by atoms with Gasteiger partial charge in [0.15, 0.2) is 0 Å². The summed E-state index contributed by atoms with van der Waals surface area (Å²) in [6, 6.07) is 0.186. The molecule has 3 rings (SSSR count). The van der Waals surface area contributed by atoms with Crippen LogP contribution in [-0.2, 0) is 4.74 Å². The van der Waals surface area contributed by atoms with E-state index in [0.717, 1.165) is 19.3 Å². The average molecular weight is 207 g/mol. The first-order valence-corrected chi connectivity index (χ1v) is 5.28. The normalized spacial score (nSPS) is 33.2. The van der Waals surface area contributed by atoms with Gasteiger partial charge in [-0.1, -0.05) is 0 Å². The summed E-state index contributed by atoms with van der Waals surface area (Å²) in [5.41, 5.74) is 0.581. The molecule has 1 aromatic rings. The number of hydrogen-bond acceptors (Lipinski definition) is 3. The van der Waals surface area contributed by atoms with Crippen LogP contribution in [0.1, 0.15) is 29.6 Å². The largest absolute Gasteiger partial charge is 0.373 e. The smallest absolute Gasteiger partial charge is 0.254 e. The standard InChI is InChI=1S/C10H13N3O2/c14-10(6-4-11-12-5-6)13-8-3-7-1-2-9(8)15-7/h4-5,7-9H,1-3H2,(H,11,12)(H,13,14). The number of fused-ring (bicyclic) bond motifs is 2. The van der Waals surface area contributed by atoms with Crippen LogP contribution in [0.15, 0.2) is 12.4 Å². The molecule has 0 aliphatic carbocycles. The van der Waals surface area contributed by atoms with Gasteiger partial charge in [0.05, 0.1) is 30.0 Å². The second-order valence-electron chi connectivity index (χ2n) is 4.18. The van der Waals surface area contributed by atoms with Crippen LogP contribution in [0.25, 0.3) is 0 Å². The summed E-state index contributed by atoms with van der Waals surface area (Å²) in [5, 5.41) is 9.36. The molecule has 0 saturated carbocycles. The third-order valence-electron chi connectivity index (χ3n) is 3.18. The molecule has 3 unspecified atom stereocenters. The van der Waals surface area contributed by atoms with E-state index in [1.54, 1.807) is 6.20 Å². The lowest BCUT2D eigenvalue weighted by Crippen LogP contribution is -2.41. The van der Waals surface area contributed by atoms with Crippen molar-refractivity contribution in [2.75, 3.05) is 0 Å². The molecule has 2 N–H and O–H groups in total. The fraction of sp³-hybridized carbons (Fsp3) is 0.600. The number of aromatic nitrogens is 2. The molecule has 2 saturated heterocycles. The number of nitrogens with zero attached hydrogens (tertiary/aromatic N) is 1. The molecule has 3 atom stereocenters. The Morgan fingerprint density at radius 2 is 2.53 bits per heavy atom. The molecule has 5 nitrogen and oxygen atoms in total. The topological polar surface area (TPSA) is 67.0 Å². The Balaban J connectivity index is 1.64. The molecule has 2 fully saturated rings. The molecule has 0 spiro atoms. The van der Waals surface area contributed by atoms with Crippen LogP contribution < -0.4 is 5.32 Å². The molecular formula is C10H13N3O2. The van der Waals surface area contributed by atoms with Gasteiger partial charge in [0.25, 0.3) is 5.91 Å². The van der Waals surface area contributed by atoms with Gasteiger partial charge in [0.2, 0.25) is 0 Å². The Labute approximate surface area is 87.2 Å². The average Bonchev–Trinajstić information content (AvgIpc) is 2.95. The summed E-state index contributed by atoms with van der Waals surface area (Å²) in [6.45, 7) is 0. The Hall–Kier alpha value is -1.36. The molecular weight excluding hydrogens is 194 g/mol. The highest BCUT2D eigenvalue weighted by Crippen LogP contribution is 2.34. The van der Waals surface area contributed by atoms with E-state index in [2.05, 4.69) is 15.5 Å². The number of carbonyl (C=O) groups is 1. The molecule has 2 aliphatic rings. The van der Waals surface area contributed by atoms with Crippen LogP contribution in [-0.4, -0.2) is 34.4 Å². The minimum Gasteiger partial charge on any atom is -0.373 e. The van der Waals surface area contributed by atoms with Crippen molar-refractivity contribution >= 4 is 5.91 Å². The van der Waals surface area contributed by atoms with Crippen molar-refractivity contribution in [3.8, 4) is 0 Å². The minimum atomic E-state index is -0.0649. The number of hydrogen-bond donors (Lipinski definition) is 2. The van der Waals surface area contributed by atoms with Gasteiger partial charge in [-0.05, 0) is 19.3 Å². The van der Waals surface area contributed by atoms with Gasteiger partial charge < -0.3 is 10.1 Å². The lowest BCUT2D eigenvalue weighted by Gasteiger charge is -2.19. The maximum Gasteiger partial charge on any atom is 0.254 e. The predicted molar refractivity (Wildman–Crippen MR) is 52.4 cm³/mol. The minimum absolute atomic E-state index is 0.0649. The van der Waals surface area contributed by atoms with Crippen LogP contribution in [0.4, 0.5) is 0 Å². The summed E-state index contributed by atoms with van der Waals surface area (Å²) >= 11 is 0. The van der Waals surface area contributed by atoms with E-state index >= 15 is 0 Å². The number of rotatable bonds is 2. The summed E-state index contributed by atoms with van der Waals surface area (Å²) in [6.07, 6.45) is 6.89. The molecule has 2 bridgehead atoms. The van der Waals surface area contributed by atoms with Crippen LogP contribution >= 0.6 is 0 Å². The number of aromatic amines is 1. The highest BCUT2D eigenvalue weighted by molar-refractivity contribution is 5.93. The lowest BCUT2D eigenvalue weighted by molar-refractivity contribution is 0.0841. The van der Waals surface area contributed by atoms with Crippen molar-refractivity contribution in [1.82, 2.24) is 15.5 Å². The molecule has 1 aromatic heterocycles. The van der Waals surface area contributed by atoms with E-state index in [9.17, 15) is 4.79 Å². The van der Waals surface area contributed by atoms with E-state index < -0.39 is 0 Å². The van der Waals surface area contributed by atoms with Gasteiger partial charge in [-0.15, -0.1) is 0 Å². The molecule has 5 heteroatoms. The molecule has 15 heavy (non-hydrogen) atoms. The van der Waals surface area contributed by atoms with Gasteiger partial charge >= 0.3 is 0 Å². The Morgan fingerprint density at radius 3 is 3.13 bits per heavy atom. The summed E-state index contributed by atoms with van der Waals surface area (Å²) in [4.78, 5) is 11.7. The second-order valence-corrected chi connectivity index (χ2v) is 4.18. The molecule has 1 amide bonds. The van der Waals surface area contributed by atoms with Crippen LogP contribution in [0.2, 0.25) is 0 Å². The number of ether oxygens (including phenoxy) is 1. The predicted octanol–water partition coefficient (Wildman–Crippen LogP) is 0.459. The highest BCUT2D eigenvalue weighted by atomic mass is 16.5. The van der Waals surface area contributed by atoms with Crippen molar-refractivity contribution < 1.29 is 9.53 Å². The van der Waals surface area contributed by atoms with Gasteiger partial charge in [-0.2, -0.15) is 5.10 Å². The van der Waals surface area contributed by atoms with Gasteiger partial charge in [-0.25, -0.2) is 0 Å². The summed E-state index contributed by atoms with van der Waals surface area (Å²) in [7, 11) is 0. The molecule has 3 heterocycles. The van der Waals surface area contributed by atoms with Crippen molar-refractivity contribution in [3.05, 3.63) is 18.0 Å². The molecule has 0 radical (unpaired) electrons. The highest BCUT2D eigenvalue weighted by Gasteiger charge is 2.41. The maximum atomic E-state index is 11.7. The van der Waals surface area contributed by atoms with Crippen LogP contribution in [0, 0.1) is 0 Å². The molecule has 80 valence electrons. The SMILES string of the molecule is O=C(NC1CC2CCC1O2)c1cn[nH]c1. The van der Waals surface area contributed by atoms with Crippen LogP contribution in [0.5, 0.6) is 0 Å². The molecule has 2 aliphatic heterocycles. The summed E-state index contributed by atoms with van der Waals surface area (Å²) < 4.78 is 5.66.